The molecule has 0 radical (unpaired) electrons. The zero-order chi connectivity index (χ0) is 15.7. The van der Waals surface area contributed by atoms with E-state index >= 15 is 0 Å². The van der Waals surface area contributed by atoms with Gasteiger partial charge in [0.2, 0.25) is 5.91 Å². The predicted molar refractivity (Wildman–Crippen MR) is 84.3 cm³/mol. The first kappa shape index (κ1) is 15.8. The number of amides is 1. The Morgan fingerprint density at radius 2 is 2.05 bits per heavy atom. The molecule has 0 aromatic heterocycles. The Balaban J connectivity index is 2.13. The third-order valence-corrected chi connectivity index (χ3v) is 4.33. The van der Waals surface area contributed by atoms with Crippen molar-refractivity contribution in [2.75, 3.05) is 13.7 Å². The molecule has 3 N–H and O–H groups in total. The minimum atomic E-state index is -0.752. The molecule has 4 nitrogen and oxygen atoms in total. The average molecular weight is 290 g/mol. The van der Waals surface area contributed by atoms with Crippen LogP contribution in [0.4, 0.5) is 0 Å². The van der Waals surface area contributed by atoms with E-state index in [1.165, 1.54) is 5.56 Å². The molecule has 0 bridgehead atoms. The minimum Gasteiger partial charge on any atom is -0.491 e. The van der Waals surface area contributed by atoms with E-state index in [4.69, 9.17) is 10.5 Å². The molecule has 0 aliphatic heterocycles. The van der Waals surface area contributed by atoms with Gasteiger partial charge in [0, 0.05) is 0 Å². The molecule has 116 valence electrons. The summed E-state index contributed by atoms with van der Waals surface area (Å²) in [5, 5.41) is 3.09. The zero-order valence-corrected chi connectivity index (χ0v) is 13.4. The second-order valence-corrected chi connectivity index (χ2v) is 6.93. The van der Waals surface area contributed by atoms with E-state index in [0.717, 1.165) is 18.6 Å². The van der Waals surface area contributed by atoms with Crippen LogP contribution in [0, 0.1) is 5.92 Å². The largest absolute Gasteiger partial charge is 0.491 e. The molecule has 1 aliphatic carbocycles. The van der Waals surface area contributed by atoms with Crippen molar-refractivity contribution in [1.82, 2.24) is 5.32 Å². The van der Waals surface area contributed by atoms with E-state index < -0.39 is 5.54 Å². The molecule has 1 atom stereocenters. The van der Waals surface area contributed by atoms with Crippen LogP contribution in [-0.2, 0) is 10.2 Å². The Morgan fingerprint density at radius 1 is 1.38 bits per heavy atom. The molecule has 2 rings (SSSR count). The molecule has 0 heterocycles. The summed E-state index contributed by atoms with van der Waals surface area (Å²) in [5.74, 6) is 0.731. The van der Waals surface area contributed by atoms with Crippen LogP contribution in [0.15, 0.2) is 24.3 Å². The summed E-state index contributed by atoms with van der Waals surface area (Å²) in [4.78, 5) is 11.9. The van der Waals surface area contributed by atoms with Crippen LogP contribution in [0.5, 0.6) is 5.75 Å². The molecule has 1 saturated carbocycles. The lowest BCUT2D eigenvalue weighted by Crippen LogP contribution is -2.59. The average Bonchev–Trinajstić information content (AvgIpc) is 3.24. The highest BCUT2D eigenvalue weighted by molar-refractivity contribution is 5.85. The lowest BCUT2D eigenvalue weighted by molar-refractivity contribution is -0.126. The van der Waals surface area contributed by atoms with Crippen LogP contribution in [0.2, 0.25) is 0 Å². The Morgan fingerprint density at radius 3 is 2.52 bits per heavy atom. The van der Waals surface area contributed by atoms with Crippen molar-refractivity contribution in [3.8, 4) is 5.75 Å². The number of hydrogen-bond acceptors (Lipinski definition) is 3. The molecular formula is C17H26N2O2. The number of nitrogens with one attached hydrogen (secondary N) is 1. The molecule has 0 spiro atoms. The van der Waals surface area contributed by atoms with Gasteiger partial charge in [0.1, 0.15) is 17.9 Å². The highest BCUT2D eigenvalue weighted by atomic mass is 16.5. The number of carbonyl (C=O) groups is 1. The van der Waals surface area contributed by atoms with Crippen molar-refractivity contribution in [3.05, 3.63) is 29.8 Å². The van der Waals surface area contributed by atoms with Gasteiger partial charge in [0.05, 0.1) is 0 Å². The van der Waals surface area contributed by atoms with Crippen molar-refractivity contribution in [1.29, 1.82) is 0 Å². The second kappa shape index (κ2) is 5.68. The molecule has 1 amide bonds. The van der Waals surface area contributed by atoms with E-state index in [9.17, 15) is 4.79 Å². The summed E-state index contributed by atoms with van der Waals surface area (Å²) in [6.45, 7) is 6.77. The van der Waals surface area contributed by atoms with Crippen molar-refractivity contribution in [2.24, 2.45) is 11.7 Å². The third kappa shape index (κ3) is 3.38. The van der Waals surface area contributed by atoms with Gasteiger partial charge in [-0.3, -0.25) is 4.79 Å². The third-order valence-electron chi connectivity index (χ3n) is 4.33. The summed E-state index contributed by atoms with van der Waals surface area (Å²) >= 11 is 0. The molecule has 1 unspecified atom stereocenters. The molecule has 1 aromatic rings. The summed E-state index contributed by atoms with van der Waals surface area (Å²) < 4.78 is 5.90. The molecule has 1 aromatic carbocycles. The van der Waals surface area contributed by atoms with Gasteiger partial charge in [0.15, 0.2) is 0 Å². The van der Waals surface area contributed by atoms with Gasteiger partial charge in [-0.15, -0.1) is 0 Å². The monoisotopic (exact) mass is 290 g/mol. The second-order valence-electron chi connectivity index (χ2n) is 6.93. The maximum absolute atomic E-state index is 11.9. The van der Waals surface area contributed by atoms with Crippen LogP contribution >= 0.6 is 0 Å². The van der Waals surface area contributed by atoms with Gasteiger partial charge in [-0.05, 0) is 48.9 Å². The summed E-state index contributed by atoms with van der Waals surface area (Å²) in [6, 6.07) is 8.03. The van der Waals surface area contributed by atoms with Gasteiger partial charge < -0.3 is 15.8 Å². The molecule has 1 fully saturated rings. The van der Waals surface area contributed by atoms with E-state index in [1.54, 1.807) is 7.05 Å². The number of ether oxygens (including phenoxy) is 1. The van der Waals surface area contributed by atoms with Crippen molar-refractivity contribution in [3.63, 3.8) is 0 Å². The van der Waals surface area contributed by atoms with Crippen molar-refractivity contribution in [2.45, 2.75) is 44.6 Å². The van der Waals surface area contributed by atoms with Crippen LogP contribution in [-0.4, -0.2) is 25.1 Å². The quantitative estimate of drug-likeness (QED) is 0.844. The van der Waals surface area contributed by atoms with E-state index in [0.29, 0.717) is 0 Å². The highest BCUT2D eigenvalue weighted by Gasteiger charge is 2.49. The number of carbonyl (C=O) groups excluding carboxylic acids is 1. The Bertz CT molecular complexity index is 518. The number of benzene rings is 1. The lowest BCUT2D eigenvalue weighted by atomic mass is 9.87. The van der Waals surface area contributed by atoms with Gasteiger partial charge in [0.25, 0.3) is 0 Å². The summed E-state index contributed by atoms with van der Waals surface area (Å²) in [6.07, 6.45) is 2.05. The molecule has 4 heteroatoms. The van der Waals surface area contributed by atoms with Gasteiger partial charge in [-0.1, -0.05) is 32.9 Å². The number of primary amides is 1. The smallest absolute Gasteiger partial charge is 0.241 e. The number of hydrogen-bond donors (Lipinski definition) is 2. The predicted octanol–water partition coefficient (Wildman–Crippen LogP) is 2.22. The summed E-state index contributed by atoms with van der Waals surface area (Å²) in [7, 11) is 1.78. The standard InChI is InChI=1S/C17H26N2O2/c1-16(2,3)13-6-5-7-14(10-13)21-11-17(19-4,15(18)20)12-8-9-12/h5-7,10,12,19H,8-9,11H2,1-4H3,(H2,18,20). The number of rotatable bonds is 6. The summed E-state index contributed by atoms with van der Waals surface area (Å²) in [5.41, 5.74) is 6.13. The van der Waals surface area contributed by atoms with Crippen LogP contribution in [0.1, 0.15) is 39.2 Å². The fourth-order valence-corrected chi connectivity index (χ4v) is 2.62. The van der Waals surface area contributed by atoms with Gasteiger partial charge in [-0.2, -0.15) is 0 Å². The lowest BCUT2D eigenvalue weighted by Gasteiger charge is -2.30. The molecule has 21 heavy (non-hydrogen) atoms. The number of nitrogens with two attached hydrogens (primary N) is 1. The van der Waals surface area contributed by atoms with Crippen LogP contribution in [0.3, 0.4) is 0 Å². The molecule has 0 saturated heterocycles. The maximum Gasteiger partial charge on any atom is 0.241 e. The van der Waals surface area contributed by atoms with Crippen molar-refractivity contribution < 1.29 is 9.53 Å². The molecular weight excluding hydrogens is 264 g/mol. The first-order chi connectivity index (χ1) is 9.79. The van der Waals surface area contributed by atoms with Gasteiger partial charge >= 0.3 is 0 Å². The topological polar surface area (TPSA) is 64.3 Å². The fraction of sp³-hybridized carbons (Fsp3) is 0.588. The molecule has 1 aliphatic rings. The Kier molecular flexibility index (Phi) is 4.28. The Labute approximate surface area is 127 Å². The van der Waals surface area contributed by atoms with Crippen LogP contribution < -0.4 is 15.8 Å². The maximum atomic E-state index is 11.9. The first-order valence-electron chi connectivity index (χ1n) is 7.52. The highest BCUT2D eigenvalue weighted by Crippen LogP contribution is 2.40. The van der Waals surface area contributed by atoms with E-state index in [1.807, 2.05) is 18.2 Å². The van der Waals surface area contributed by atoms with E-state index in [2.05, 4.69) is 32.2 Å². The fourth-order valence-electron chi connectivity index (χ4n) is 2.62. The Hall–Kier alpha value is -1.55. The number of likely N-dealkylation sites (N-methyl/N-ethyl adjacent to an activating group) is 1. The van der Waals surface area contributed by atoms with E-state index in [-0.39, 0.29) is 23.8 Å². The normalized spacial score (nSPS) is 18.1. The minimum absolute atomic E-state index is 0.0691. The van der Waals surface area contributed by atoms with Crippen molar-refractivity contribution >= 4 is 5.91 Å². The van der Waals surface area contributed by atoms with Crippen LogP contribution in [0.25, 0.3) is 0 Å². The van der Waals surface area contributed by atoms with Gasteiger partial charge in [-0.25, -0.2) is 0 Å². The SMILES string of the molecule is CNC(COc1cccc(C(C)(C)C)c1)(C(N)=O)C1CC1. The zero-order valence-electron chi connectivity index (χ0n) is 13.4. The first-order valence-corrected chi connectivity index (χ1v) is 7.52.